The smallest absolute Gasteiger partial charge is 0.422 e. The molecule has 0 heterocycles. The second-order valence-electron chi connectivity index (χ2n) is 2.92. The van der Waals surface area contributed by atoms with E-state index in [4.69, 9.17) is 0 Å². The molecule has 0 unspecified atom stereocenters. The van der Waals surface area contributed by atoms with Crippen LogP contribution >= 0.6 is 15.9 Å². The van der Waals surface area contributed by atoms with Gasteiger partial charge in [0, 0.05) is 0 Å². The highest BCUT2D eigenvalue weighted by Crippen LogP contribution is 2.31. The van der Waals surface area contributed by atoms with Crippen LogP contribution in [0.15, 0.2) is 23.2 Å². The van der Waals surface area contributed by atoms with Gasteiger partial charge in [0.1, 0.15) is 0 Å². The Bertz CT molecular complexity index is 377. The molecule has 0 spiro atoms. The lowest BCUT2D eigenvalue weighted by atomic mass is 10.2. The lowest BCUT2D eigenvalue weighted by molar-refractivity contribution is -0.153. The highest BCUT2D eigenvalue weighted by atomic mass is 79.9. The second kappa shape index (κ2) is 4.86. The minimum Gasteiger partial charge on any atom is -0.480 e. The van der Waals surface area contributed by atoms with E-state index < -0.39 is 24.3 Å². The molecule has 0 radical (unpaired) electrons. The van der Waals surface area contributed by atoms with Crippen molar-refractivity contribution in [2.45, 2.75) is 6.18 Å². The van der Waals surface area contributed by atoms with Crippen molar-refractivity contribution in [2.24, 2.45) is 0 Å². The van der Waals surface area contributed by atoms with Crippen LogP contribution in [0.2, 0.25) is 0 Å². The molecule has 0 aliphatic heterocycles. The molecule has 0 aliphatic rings. The summed E-state index contributed by atoms with van der Waals surface area (Å²) in [5.74, 6) is -1.32. The minimum atomic E-state index is -4.50. The van der Waals surface area contributed by atoms with Gasteiger partial charge in [0.25, 0.3) is 0 Å². The van der Waals surface area contributed by atoms with E-state index in [1.165, 1.54) is 12.1 Å². The first kappa shape index (κ1) is 13.0. The number of rotatable bonds is 3. The van der Waals surface area contributed by atoms with Crippen molar-refractivity contribution >= 4 is 22.0 Å². The molecule has 88 valence electrons. The molecule has 0 saturated heterocycles. The van der Waals surface area contributed by atoms with Crippen molar-refractivity contribution in [3.05, 3.63) is 34.6 Å². The first-order valence-corrected chi connectivity index (χ1v) is 4.94. The molecule has 0 aromatic heterocycles. The molecular formula is C10H7BrF4O. The van der Waals surface area contributed by atoms with Gasteiger partial charge in [-0.3, -0.25) is 0 Å². The Morgan fingerprint density at radius 2 is 2.00 bits per heavy atom. The zero-order valence-corrected chi connectivity index (χ0v) is 9.53. The van der Waals surface area contributed by atoms with Crippen LogP contribution in [0.1, 0.15) is 5.56 Å². The number of halogens is 5. The summed E-state index contributed by atoms with van der Waals surface area (Å²) < 4.78 is 53.4. The number of alkyl halides is 3. The Morgan fingerprint density at radius 3 is 2.44 bits per heavy atom. The summed E-state index contributed by atoms with van der Waals surface area (Å²) in [6, 6.07) is 2.46. The number of hydrogen-bond acceptors (Lipinski definition) is 1. The fourth-order valence-corrected chi connectivity index (χ4v) is 1.56. The number of ether oxygens (including phenoxy) is 1. The molecule has 1 nitrogen and oxygen atoms in total. The van der Waals surface area contributed by atoms with Crippen molar-refractivity contribution in [2.75, 3.05) is 6.61 Å². The Kier molecular flexibility index (Phi) is 3.96. The fourth-order valence-electron chi connectivity index (χ4n) is 0.989. The molecule has 16 heavy (non-hydrogen) atoms. The van der Waals surface area contributed by atoms with Crippen LogP contribution < -0.4 is 4.74 Å². The van der Waals surface area contributed by atoms with Gasteiger partial charge >= 0.3 is 6.18 Å². The third kappa shape index (κ3) is 3.52. The molecule has 1 aromatic carbocycles. The molecule has 0 atom stereocenters. The quantitative estimate of drug-likeness (QED) is 0.761. The van der Waals surface area contributed by atoms with E-state index in [-0.39, 0.29) is 4.47 Å². The van der Waals surface area contributed by atoms with E-state index in [0.29, 0.717) is 5.56 Å². The van der Waals surface area contributed by atoms with Gasteiger partial charge in [-0.05, 0) is 33.6 Å². The molecule has 0 N–H and O–H groups in total. The van der Waals surface area contributed by atoms with Crippen LogP contribution in [0, 0.1) is 5.82 Å². The number of benzene rings is 1. The van der Waals surface area contributed by atoms with Gasteiger partial charge in [0.05, 0.1) is 4.47 Å². The maximum atomic E-state index is 13.3. The Labute approximate surface area is 97.8 Å². The fraction of sp³-hybridized carbons (Fsp3) is 0.200. The molecule has 0 saturated carbocycles. The zero-order valence-electron chi connectivity index (χ0n) is 7.94. The van der Waals surface area contributed by atoms with Gasteiger partial charge in [-0.2, -0.15) is 13.2 Å². The summed E-state index contributed by atoms with van der Waals surface area (Å²) >= 11 is 2.93. The first-order valence-electron chi connectivity index (χ1n) is 4.14. The maximum Gasteiger partial charge on any atom is 0.422 e. The Morgan fingerprint density at radius 1 is 1.38 bits per heavy atom. The minimum absolute atomic E-state index is 0.117. The summed E-state index contributed by atoms with van der Waals surface area (Å²) in [5.41, 5.74) is 0.448. The van der Waals surface area contributed by atoms with E-state index in [1.54, 1.807) is 0 Å². The van der Waals surface area contributed by atoms with Crippen LogP contribution in [0.3, 0.4) is 0 Å². The van der Waals surface area contributed by atoms with Gasteiger partial charge in [-0.1, -0.05) is 12.7 Å². The average Bonchev–Trinajstić information content (AvgIpc) is 2.14. The van der Waals surface area contributed by atoms with E-state index in [1.807, 2.05) is 0 Å². The lowest BCUT2D eigenvalue weighted by Crippen LogP contribution is -2.19. The van der Waals surface area contributed by atoms with E-state index >= 15 is 0 Å². The lowest BCUT2D eigenvalue weighted by Gasteiger charge is -2.11. The van der Waals surface area contributed by atoms with Crippen LogP contribution in [0.5, 0.6) is 5.75 Å². The summed E-state index contributed by atoms with van der Waals surface area (Å²) in [6.45, 7) is 1.89. The Balaban J connectivity index is 2.93. The van der Waals surface area contributed by atoms with Crippen molar-refractivity contribution in [3.8, 4) is 5.75 Å². The van der Waals surface area contributed by atoms with Crippen molar-refractivity contribution in [3.63, 3.8) is 0 Å². The van der Waals surface area contributed by atoms with Gasteiger partial charge in [-0.25, -0.2) is 4.39 Å². The molecule has 0 aliphatic carbocycles. The summed E-state index contributed by atoms with van der Waals surface area (Å²) in [7, 11) is 0. The van der Waals surface area contributed by atoms with Gasteiger partial charge in [-0.15, -0.1) is 0 Å². The monoisotopic (exact) mass is 298 g/mol. The summed E-state index contributed by atoms with van der Waals surface area (Å²) in [6.07, 6.45) is -3.12. The highest BCUT2D eigenvalue weighted by Gasteiger charge is 2.29. The topological polar surface area (TPSA) is 9.23 Å². The Hall–Kier alpha value is -1.04. The van der Waals surface area contributed by atoms with E-state index in [0.717, 1.165) is 6.07 Å². The third-order valence-electron chi connectivity index (χ3n) is 1.64. The van der Waals surface area contributed by atoms with Gasteiger partial charge in [0.2, 0.25) is 0 Å². The third-order valence-corrected chi connectivity index (χ3v) is 2.23. The predicted octanol–water partition coefficient (Wildman–Crippen LogP) is 4.17. The van der Waals surface area contributed by atoms with Crippen LogP contribution in [0.4, 0.5) is 17.6 Å². The van der Waals surface area contributed by atoms with Crippen LogP contribution in [-0.4, -0.2) is 12.8 Å². The maximum absolute atomic E-state index is 13.3. The standard InChI is InChI=1S/C10H7BrF4O/c1-2-6-3-7(11)9(8(12)4-6)16-5-10(13,14)15/h2-4H,1,5H2. The molecule has 1 rings (SSSR count). The SMILES string of the molecule is C=Cc1cc(F)c(OCC(F)(F)F)c(Br)c1. The van der Waals surface area contributed by atoms with Crippen molar-refractivity contribution in [1.82, 2.24) is 0 Å². The normalized spacial score (nSPS) is 11.3. The zero-order chi connectivity index (χ0) is 12.3. The van der Waals surface area contributed by atoms with Crippen LogP contribution in [0.25, 0.3) is 6.08 Å². The predicted molar refractivity (Wildman–Crippen MR) is 55.7 cm³/mol. The van der Waals surface area contributed by atoms with E-state index in [2.05, 4.69) is 27.2 Å². The molecule has 0 fully saturated rings. The van der Waals surface area contributed by atoms with Gasteiger partial charge in [0.15, 0.2) is 18.2 Å². The van der Waals surface area contributed by atoms with Gasteiger partial charge < -0.3 is 4.74 Å². The van der Waals surface area contributed by atoms with Crippen molar-refractivity contribution < 1.29 is 22.3 Å². The number of hydrogen-bond donors (Lipinski definition) is 0. The molecule has 1 aromatic rings. The largest absolute Gasteiger partial charge is 0.480 e. The first-order chi connectivity index (χ1) is 7.33. The summed E-state index contributed by atoms with van der Waals surface area (Å²) in [4.78, 5) is 0. The van der Waals surface area contributed by atoms with Crippen molar-refractivity contribution in [1.29, 1.82) is 0 Å². The molecular weight excluding hydrogens is 292 g/mol. The molecule has 6 heteroatoms. The van der Waals surface area contributed by atoms with E-state index in [9.17, 15) is 17.6 Å². The highest BCUT2D eigenvalue weighted by molar-refractivity contribution is 9.10. The average molecular weight is 299 g/mol. The van der Waals surface area contributed by atoms with Crippen LogP contribution in [-0.2, 0) is 0 Å². The molecule has 0 amide bonds. The second-order valence-corrected chi connectivity index (χ2v) is 3.78. The molecule has 0 bridgehead atoms. The summed E-state index contributed by atoms with van der Waals surface area (Å²) in [5, 5.41) is 0.